The van der Waals surface area contributed by atoms with E-state index in [1.165, 1.54) is 10.4 Å². The summed E-state index contributed by atoms with van der Waals surface area (Å²) in [5.41, 5.74) is -0.566. The zero-order chi connectivity index (χ0) is 28.3. The summed E-state index contributed by atoms with van der Waals surface area (Å²) in [4.78, 5) is 26.2. The Labute approximate surface area is 241 Å². The lowest BCUT2D eigenvalue weighted by atomic mass is 10.2. The molecular weight excluding hydrogens is 572 g/mol. The van der Waals surface area contributed by atoms with E-state index in [1.807, 2.05) is 32.9 Å². The van der Waals surface area contributed by atoms with Gasteiger partial charge in [0.15, 0.2) is 0 Å². The number of amides is 1. The fourth-order valence-corrected chi connectivity index (χ4v) is 9.99. The lowest BCUT2D eigenvalue weighted by Crippen LogP contribution is -2.68. The largest absolute Gasteiger partial charge is 0.444 e. The van der Waals surface area contributed by atoms with Crippen LogP contribution in [0.1, 0.15) is 41.5 Å². The number of hydrogen-bond donors (Lipinski definition) is 0. The predicted octanol–water partition coefficient (Wildman–Crippen LogP) is 5.24. The van der Waals surface area contributed by atoms with Gasteiger partial charge in [-0.1, -0.05) is 81.4 Å². The molecule has 0 spiro atoms. The maximum Gasteiger partial charge on any atom is 0.410 e. The Hall–Kier alpha value is -2.75. The first-order valence-electron chi connectivity index (χ1n) is 13.4. The van der Waals surface area contributed by atoms with Crippen LogP contribution in [0.4, 0.5) is 10.7 Å². The van der Waals surface area contributed by atoms with Crippen LogP contribution in [0.2, 0.25) is 5.04 Å². The highest BCUT2D eigenvalue weighted by molar-refractivity contribution is 9.10. The molecule has 0 unspecified atom stereocenters. The molecule has 0 aliphatic carbocycles. The van der Waals surface area contributed by atoms with Crippen LogP contribution in [0.5, 0.6) is 0 Å². The van der Waals surface area contributed by atoms with Crippen LogP contribution < -0.4 is 15.3 Å². The first-order valence-corrected chi connectivity index (χ1v) is 16.1. The lowest BCUT2D eigenvalue weighted by molar-refractivity contribution is 0.0198. The Morgan fingerprint density at radius 3 is 1.95 bits per heavy atom. The summed E-state index contributed by atoms with van der Waals surface area (Å²) in [7, 11) is -2.77. The SMILES string of the molecule is CC(C)(C)OC(=O)N1CCN(c2ncc(Br)cn2)[C@H](CO[Si](c2ccccc2)(c2ccccc2)C(C)(C)C)C1. The Kier molecular flexibility index (Phi) is 8.83. The molecule has 7 nitrogen and oxygen atoms in total. The van der Waals surface area contributed by atoms with Crippen LogP contribution in [0.25, 0.3) is 0 Å². The van der Waals surface area contributed by atoms with Gasteiger partial charge in [-0.25, -0.2) is 14.8 Å². The number of aromatic nitrogens is 2. The molecule has 0 radical (unpaired) electrons. The third-order valence-electron chi connectivity index (χ3n) is 6.91. The number of carbonyl (C=O) groups is 1. The second kappa shape index (κ2) is 11.8. The Bertz CT molecular complexity index is 1190. The minimum absolute atomic E-state index is 0.158. The van der Waals surface area contributed by atoms with Crippen molar-refractivity contribution in [2.75, 3.05) is 31.1 Å². The van der Waals surface area contributed by atoms with E-state index in [9.17, 15) is 4.79 Å². The molecule has 1 aliphatic rings. The van der Waals surface area contributed by atoms with E-state index in [0.29, 0.717) is 32.2 Å². The Balaban J connectivity index is 1.72. The topological polar surface area (TPSA) is 67.8 Å². The molecule has 1 saturated heterocycles. The van der Waals surface area contributed by atoms with Crippen molar-refractivity contribution in [3.05, 3.63) is 77.5 Å². The summed E-state index contributed by atoms with van der Waals surface area (Å²) in [6.07, 6.45) is 3.19. The minimum atomic E-state index is -2.77. The zero-order valence-corrected chi connectivity index (χ0v) is 26.3. The summed E-state index contributed by atoms with van der Waals surface area (Å²) >= 11 is 3.44. The summed E-state index contributed by atoms with van der Waals surface area (Å²) in [6, 6.07) is 21.0. The van der Waals surface area contributed by atoms with E-state index in [4.69, 9.17) is 9.16 Å². The summed E-state index contributed by atoms with van der Waals surface area (Å²) in [6.45, 7) is 14.4. The van der Waals surface area contributed by atoms with Crippen LogP contribution in [-0.4, -0.2) is 67.2 Å². The standard InChI is InChI=1S/C30H39BrN4O3Si/c1-29(2,3)38-28(36)34-17-18-35(27-32-19-23(31)20-33-27)24(21-34)22-37-39(30(4,5)6,25-13-9-7-10-14-25)26-15-11-8-12-16-26/h7-16,19-20,24H,17-18,21-22H2,1-6H3/t24-/m0/s1. The van der Waals surface area contributed by atoms with Crippen LogP contribution in [0, 0.1) is 0 Å². The lowest BCUT2D eigenvalue weighted by Gasteiger charge is -2.46. The van der Waals surface area contributed by atoms with Crippen LogP contribution in [-0.2, 0) is 9.16 Å². The fraction of sp³-hybridized carbons (Fsp3) is 0.433. The van der Waals surface area contributed by atoms with Gasteiger partial charge in [0, 0.05) is 32.0 Å². The maximum atomic E-state index is 13.1. The molecule has 1 atom stereocenters. The van der Waals surface area contributed by atoms with Gasteiger partial charge in [-0.2, -0.15) is 0 Å². The average Bonchev–Trinajstić information content (AvgIpc) is 2.89. The van der Waals surface area contributed by atoms with Gasteiger partial charge >= 0.3 is 6.09 Å². The summed E-state index contributed by atoms with van der Waals surface area (Å²) < 4.78 is 13.8. The highest BCUT2D eigenvalue weighted by Crippen LogP contribution is 2.37. The fourth-order valence-electron chi connectivity index (χ4n) is 5.19. The van der Waals surface area contributed by atoms with Gasteiger partial charge in [-0.3, -0.25) is 0 Å². The van der Waals surface area contributed by atoms with Crippen molar-refractivity contribution in [3.8, 4) is 0 Å². The molecule has 1 amide bonds. The van der Waals surface area contributed by atoms with Gasteiger partial charge in [0.2, 0.25) is 5.95 Å². The summed E-state index contributed by atoms with van der Waals surface area (Å²) in [5.74, 6) is 0.623. The van der Waals surface area contributed by atoms with Gasteiger partial charge in [0.1, 0.15) is 5.60 Å². The molecule has 1 aliphatic heterocycles. The molecule has 9 heteroatoms. The highest BCUT2D eigenvalue weighted by atomic mass is 79.9. The first-order chi connectivity index (χ1) is 18.4. The van der Waals surface area contributed by atoms with E-state index in [-0.39, 0.29) is 17.2 Å². The first kappa shape index (κ1) is 29.2. The number of carbonyl (C=O) groups excluding carboxylic acids is 1. The number of benzene rings is 2. The molecular formula is C30H39BrN4O3Si. The second-order valence-corrected chi connectivity index (χ2v) is 17.2. The van der Waals surface area contributed by atoms with E-state index >= 15 is 0 Å². The molecule has 3 aromatic rings. The number of piperazine rings is 1. The Morgan fingerprint density at radius 2 is 1.46 bits per heavy atom. The van der Waals surface area contributed by atoms with Crippen LogP contribution in [0.3, 0.4) is 0 Å². The van der Waals surface area contributed by atoms with Crippen molar-refractivity contribution in [1.82, 2.24) is 14.9 Å². The van der Waals surface area contributed by atoms with E-state index in [2.05, 4.69) is 100 Å². The number of halogens is 1. The molecule has 2 heterocycles. The van der Waals surface area contributed by atoms with Crippen molar-refractivity contribution >= 4 is 46.7 Å². The molecule has 1 fully saturated rings. The number of anilines is 1. The average molecular weight is 612 g/mol. The number of nitrogens with zero attached hydrogens (tertiary/aromatic N) is 4. The molecule has 0 N–H and O–H groups in total. The normalized spacial score (nSPS) is 16.7. The maximum absolute atomic E-state index is 13.1. The predicted molar refractivity (Wildman–Crippen MR) is 162 cm³/mol. The van der Waals surface area contributed by atoms with Gasteiger partial charge in [0.05, 0.1) is 17.1 Å². The molecule has 39 heavy (non-hydrogen) atoms. The Morgan fingerprint density at radius 1 is 0.923 bits per heavy atom. The monoisotopic (exact) mass is 610 g/mol. The van der Waals surface area contributed by atoms with Crippen molar-refractivity contribution in [1.29, 1.82) is 0 Å². The third kappa shape index (κ3) is 6.70. The molecule has 0 bridgehead atoms. The van der Waals surface area contributed by atoms with Gasteiger partial charge < -0.3 is 19.0 Å². The quantitative estimate of drug-likeness (QED) is 0.356. The molecule has 0 saturated carbocycles. The van der Waals surface area contributed by atoms with Crippen molar-refractivity contribution < 1.29 is 14.0 Å². The van der Waals surface area contributed by atoms with E-state index < -0.39 is 13.9 Å². The van der Waals surface area contributed by atoms with Crippen molar-refractivity contribution in [3.63, 3.8) is 0 Å². The highest BCUT2D eigenvalue weighted by Gasteiger charge is 2.51. The minimum Gasteiger partial charge on any atom is -0.444 e. The zero-order valence-electron chi connectivity index (χ0n) is 23.7. The number of ether oxygens (including phenoxy) is 1. The van der Waals surface area contributed by atoms with E-state index in [0.717, 1.165) is 4.47 Å². The van der Waals surface area contributed by atoms with E-state index in [1.54, 1.807) is 17.3 Å². The number of rotatable bonds is 6. The second-order valence-electron chi connectivity index (χ2n) is 11.9. The van der Waals surface area contributed by atoms with Gasteiger partial charge in [-0.15, -0.1) is 0 Å². The number of hydrogen-bond acceptors (Lipinski definition) is 6. The summed E-state index contributed by atoms with van der Waals surface area (Å²) in [5, 5.41) is 2.28. The molecule has 1 aromatic heterocycles. The molecule has 4 rings (SSSR count). The van der Waals surface area contributed by atoms with Gasteiger partial charge in [0.25, 0.3) is 8.32 Å². The van der Waals surface area contributed by atoms with Crippen molar-refractivity contribution in [2.24, 2.45) is 0 Å². The van der Waals surface area contributed by atoms with Crippen molar-refractivity contribution in [2.45, 2.75) is 58.2 Å². The molecule has 2 aromatic carbocycles. The molecule has 208 valence electrons. The van der Waals surface area contributed by atoms with Crippen LogP contribution >= 0.6 is 15.9 Å². The smallest absolute Gasteiger partial charge is 0.410 e. The van der Waals surface area contributed by atoms with Gasteiger partial charge in [-0.05, 0) is 52.1 Å². The third-order valence-corrected chi connectivity index (χ3v) is 12.3. The van der Waals surface area contributed by atoms with Crippen LogP contribution in [0.15, 0.2) is 77.5 Å².